The molecule has 0 aliphatic carbocycles. The average molecular weight is 161 g/mol. The molecule has 0 bridgehead atoms. The summed E-state index contributed by atoms with van der Waals surface area (Å²) in [6.07, 6.45) is 0. The van der Waals surface area contributed by atoms with Crippen LogP contribution in [0.3, 0.4) is 0 Å². The summed E-state index contributed by atoms with van der Waals surface area (Å²) in [4.78, 5) is 10.2. The Kier molecular flexibility index (Phi) is 4.18. The van der Waals surface area contributed by atoms with E-state index in [1.54, 1.807) is 0 Å². The van der Waals surface area contributed by atoms with Gasteiger partial charge in [-0.15, -0.1) is 0 Å². The third kappa shape index (κ3) is 2.93. The summed E-state index contributed by atoms with van der Waals surface area (Å²) in [6.45, 7) is 0. The van der Waals surface area contributed by atoms with E-state index in [1.807, 2.05) is 0 Å². The van der Waals surface area contributed by atoms with Crippen molar-refractivity contribution in [2.24, 2.45) is 0 Å². The van der Waals surface area contributed by atoms with Gasteiger partial charge < -0.3 is 10.2 Å². The number of hydrogen-bond acceptors (Lipinski definition) is 2. The van der Waals surface area contributed by atoms with Gasteiger partial charge in [-0.2, -0.15) is 0 Å². The van der Waals surface area contributed by atoms with E-state index >= 15 is 0 Å². The molecule has 1 rings (SSSR count). The molecule has 53 valence electrons. The van der Waals surface area contributed by atoms with Crippen molar-refractivity contribution in [1.82, 2.24) is 0 Å². The van der Waals surface area contributed by atoms with E-state index < -0.39 is 5.97 Å². The van der Waals surface area contributed by atoms with Crippen molar-refractivity contribution >= 4 is 35.5 Å². The number of aromatic hydroxyl groups is 1. The Morgan fingerprint density at radius 2 is 1.64 bits per heavy atom. The maximum absolute atomic E-state index is 10.2. The van der Waals surface area contributed by atoms with Gasteiger partial charge in [0, 0.05) is 29.6 Å². The molecule has 0 saturated heterocycles. The molecule has 3 nitrogen and oxygen atoms in total. The molecule has 0 unspecified atom stereocenters. The van der Waals surface area contributed by atoms with Crippen molar-refractivity contribution in [2.75, 3.05) is 0 Å². The molecule has 0 atom stereocenters. The normalized spacial score (nSPS) is 8.36. The van der Waals surface area contributed by atoms with Gasteiger partial charge in [0.25, 0.3) is 0 Å². The van der Waals surface area contributed by atoms with Crippen LogP contribution in [0.4, 0.5) is 0 Å². The van der Waals surface area contributed by atoms with Crippen LogP contribution in [0.1, 0.15) is 10.4 Å². The number of aromatic carboxylic acids is 1. The maximum Gasteiger partial charge on any atom is 0.335 e. The van der Waals surface area contributed by atoms with Crippen LogP contribution in [0.5, 0.6) is 5.75 Å². The summed E-state index contributed by atoms with van der Waals surface area (Å²) in [5.41, 5.74) is 0.179. The predicted octanol–water partition coefficient (Wildman–Crippen LogP) is 0.710. The number of carboxylic acid groups (broad SMARTS) is 1. The summed E-state index contributed by atoms with van der Waals surface area (Å²) in [5.74, 6) is -0.912. The minimum Gasteiger partial charge on any atom is -0.508 e. The average Bonchev–Trinajstić information content (AvgIpc) is 1.88. The van der Waals surface area contributed by atoms with Crippen LogP contribution in [0.25, 0.3) is 0 Å². The monoisotopic (exact) mass is 161 g/mol. The van der Waals surface area contributed by atoms with Crippen LogP contribution in [-0.2, 0) is 0 Å². The van der Waals surface area contributed by atoms with Crippen LogP contribution in [0, 0.1) is 0 Å². The molecule has 2 N–H and O–H groups in total. The third-order valence-corrected chi connectivity index (χ3v) is 1.11. The minimum absolute atomic E-state index is 0. The van der Waals surface area contributed by atoms with Crippen molar-refractivity contribution in [3.05, 3.63) is 29.8 Å². The second-order valence-electron chi connectivity index (χ2n) is 1.85. The van der Waals surface area contributed by atoms with Gasteiger partial charge in [0.2, 0.25) is 0 Å². The van der Waals surface area contributed by atoms with Gasteiger partial charge in [-0.1, -0.05) is 0 Å². The summed E-state index contributed by atoms with van der Waals surface area (Å²) >= 11 is 0. The van der Waals surface area contributed by atoms with Crippen molar-refractivity contribution in [3.8, 4) is 5.75 Å². The summed E-state index contributed by atoms with van der Waals surface area (Å²) in [6, 6.07) is 5.36. The number of carbonyl (C=O) groups is 1. The fourth-order valence-electron chi connectivity index (χ4n) is 0.604. The quantitative estimate of drug-likeness (QED) is 0.596. The van der Waals surface area contributed by atoms with Crippen LogP contribution in [-0.4, -0.2) is 45.7 Å². The van der Waals surface area contributed by atoms with E-state index in [9.17, 15) is 4.79 Å². The van der Waals surface area contributed by atoms with Gasteiger partial charge in [0.15, 0.2) is 0 Å². The molecule has 0 fully saturated rings. The van der Waals surface area contributed by atoms with E-state index in [0.29, 0.717) is 0 Å². The topological polar surface area (TPSA) is 57.5 Å². The molecule has 11 heavy (non-hydrogen) atoms. The van der Waals surface area contributed by atoms with Crippen molar-refractivity contribution in [1.29, 1.82) is 0 Å². The summed E-state index contributed by atoms with van der Waals surface area (Å²) < 4.78 is 0. The number of hydrogen-bond donors (Lipinski definition) is 2. The number of phenols is 1. The molecule has 0 amide bonds. The Morgan fingerprint density at radius 1 is 1.18 bits per heavy atom. The molecule has 1 aromatic carbocycles. The maximum atomic E-state index is 10.2. The zero-order valence-electron chi connectivity index (χ0n) is 6.11. The molecule has 0 aromatic heterocycles. The van der Waals surface area contributed by atoms with Gasteiger partial charge in [0.05, 0.1) is 5.56 Å². The first-order chi connectivity index (χ1) is 4.70. The smallest absolute Gasteiger partial charge is 0.335 e. The SMILES string of the molecule is O=C(O)c1ccc(O)cc1.[Na]. The molecule has 1 radical (unpaired) electrons. The van der Waals surface area contributed by atoms with Gasteiger partial charge in [0.1, 0.15) is 5.75 Å². The molecular weight excluding hydrogens is 155 g/mol. The van der Waals surface area contributed by atoms with Crippen molar-refractivity contribution in [2.45, 2.75) is 0 Å². The number of carboxylic acids is 1. The minimum atomic E-state index is -0.986. The largest absolute Gasteiger partial charge is 0.508 e. The van der Waals surface area contributed by atoms with Gasteiger partial charge in [-0.05, 0) is 24.3 Å². The standard InChI is InChI=1S/C7H6O3.Na/c8-6-3-1-5(2-4-6)7(9)10;/h1-4,8H,(H,9,10);. The Labute approximate surface area is 86.0 Å². The Bertz CT molecular complexity index is 242. The molecule has 0 heterocycles. The van der Waals surface area contributed by atoms with Gasteiger partial charge in [-0.3, -0.25) is 0 Å². The summed E-state index contributed by atoms with van der Waals surface area (Å²) in [7, 11) is 0. The van der Waals surface area contributed by atoms with E-state index in [0.717, 1.165) is 0 Å². The second kappa shape index (κ2) is 4.38. The van der Waals surface area contributed by atoms with Crippen molar-refractivity contribution < 1.29 is 15.0 Å². The first-order valence-electron chi connectivity index (χ1n) is 2.72. The van der Waals surface area contributed by atoms with Crippen LogP contribution < -0.4 is 0 Å². The number of phenolic OH excluding ortho intramolecular Hbond substituents is 1. The zero-order chi connectivity index (χ0) is 7.56. The fourth-order valence-corrected chi connectivity index (χ4v) is 0.604. The molecule has 1 aromatic rings. The zero-order valence-corrected chi connectivity index (χ0v) is 8.11. The predicted molar refractivity (Wildman–Crippen MR) is 40.8 cm³/mol. The Hall–Kier alpha value is -0.510. The van der Waals surface area contributed by atoms with E-state index in [-0.39, 0.29) is 40.9 Å². The fraction of sp³-hybridized carbons (Fsp3) is 0. The van der Waals surface area contributed by atoms with Crippen LogP contribution in [0.15, 0.2) is 24.3 Å². The Balaban J connectivity index is 0.000001000. The molecule has 0 aliphatic heterocycles. The van der Waals surface area contributed by atoms with Crippen LogP contribution in [0.2, 0.25) is 0 Å². The number of rotatable bonds is 1. The van der Waals surface area contributed by atoms with E-state index in [2.05, 4.69) is 0 Å². The van der Waals surface area contributed by atoms with Crippen molar-refractivity contribution in [3.63, 3.8) is 0 Å². The van der Waals surface area contributed by atoms with Gasteiger partial charge >= 0.3 is 5.97 Å². The second-order valence-corrected chi connectivity index (χ2v) is 1.85. The summed E-state index contributed by atoms with van der Waals surface area (Å²) in [5, 5.41) is 17.1. The van der Waals surface area contributed by atoms with E-state index in [1.165, 1.54) is 24.3 Å². The van der Waals surface area contributed by atoms with E-state index in [4.69, 9.17) is 10.2 Å². The van der Waals surface area contributed by atoms with Gasteiger partial charge in [-0.25, -0.2) is 4.79 Å². The molecular formula is C7H6NaO3. The Morgan fingerprint density at radius 3 is 2.00 bits per heavy atom. The molecule has 0 spiro atoms. The first kappa shape index (κ1) is 10.5. The first-order valence-corrected chi connectivity index (χ1v) is 2.72. The molecule has 4 heteroatoms. The number of benzene rings is 1. The molecule has 0 saturated carbocycles. The third-order valence-electron chi connectivity index (χ3n) is 1.11. The van der Waals surface area contributed by atoms with Crippen LogP contribution >= 0.6 is 0 Å². The molecule has 0 aliphatic rings.